The molecule has 2 heteroatoms. The molecule has 0 saturated heterocycles. The van der Waals surface area contributed by atoms with Gasteiger partial charge in [-0.3, -0.25) is 9.97 Å². The van der Waals surface area contributed by atoms with E-state index in [-0.39, 0.29) is 0 Å². The maximum absolute atomic E-state index is 9.07. The summed E-state index contributed by atoms with van der Waals surface area (Å²) in [6.07, 6.45) is -0.667. The van der Waals surface area contributed by atoms with Crippen LogP contribution >= 0.6 is 0 Å². The monoisotopic (exact) mass is 666 g/mol. The SMILES string of the molecule is [2H]C1C([2H])C([2H])C([2H])(c2ccc(-c3ccnc(-c4ccc(-c5ccccc5-c5cc(C)cc(CCc6ccc(-c7ccccn7)cc6)c5)cc4)c3)cc2)C([2H])C1[2H]. The minimum atomic E-state index is -1.75. The van der Waals surface area contributed by atoms with Crippen molar-refractivity contribution in [1.82, 2.24) is 9.97 Å². The molecule has 250 valence electrons. The molecule has 8 rings (SSSR count). The Labute approximate surface area is 311 Å². The second-order valence-corrected chi connectivity index (χ2v) is 13.1. The first-order valence-electron chi connectivity index (χ1n) is 21.0. The van der Waals surface area contributed by atoms with Crippen molar-refractivity contribution in [3.8, 4) is 55.9 Å². The van der Waals surface area contributed by atoms with Gasteiger partial charge in [-0.15, -0.1) is 0 Å². The van der Waals surface area contributed by atoms with E-state index in [4.69, 9.17) is 8.22 Å². The molecular weight excluding hydrogens is 617 g/mol. The lowest BCUT2D eigenvalue weighted by molar-refractivity contribution is 0.443. The van der Waals surface area contributed by atoms with Crippen molar-refractivity contribution in [3.63, 3.8) is 0 Å². The van der Waals surface area contributed by atoms with Gasteiger partial charge in [-0.1, -0.05) is 146 Å². The van der Waals surface area contributed by atoms with E-state index in [1.165, 1.54) is 27.8 Å². The van der Waals surface area contributed by atoms with Crippen LogP contribution in [-0.2, 0) is 12.8 Å². The van der Waals surface area contributed by atoms with Crippen LogP contribution in [0, 0.1) is 6.92 Å². The molecule has 1 aliphatic rings. The van der Waals surface area contributed by atoms with Crippen LogP contribution in [0.15, 0.2) is 158 Å². The molecule has 5 aromatic carbocycles. The molecule has 2 aromatic heterocycles. The highest BCUT2D eigenvalue weighted by Gasteiger charge is 2.16. The molecular formula is C49H44N2. The van der Waals surface area contributed by atoms with Crippen molar-refractivity contribution in [2.75, 3.05) is 0 Å². The van der Waals surface area contributed by atoms with Crippen LogP contribution < -0.4 is 0 Å². The molecule has 51 heavy (non-hydrogen) atoms. The van der Waals surface area contributed by atoms with Gasteiger partial charge in [-0.2, -0.15) is 0 Å². The molecule has 1 fully saturated rings. The van der Waals surface area contributed by atoms with Gasteiger partial charge in [0.25, 0.3) is 0 Å². The first kappa shape index (κ1) is 26.2. The summed E-state index contributed by atoms with van der Waals surface area (Å²) >= 11 is 0. The molecule has 7 aromatic rings. The summed E-state index contributed by atoms with van der Waals surface area (Å²) in [6, 6.07) is 49.8. The Bertz CT molecular complexity index is 2460. The third-order valence-corrected chi connectivity index (χ3v) is 9.57. The number of aromatic nitrogens is 2. The van der Waals surface area contributed by atoms with Crippen molar-refractivity contribution >= 4 is 0 Å². The van der Waals surface area contributed by atoms with Gasteiger partial charge in [0.2, 0.25) is 0 Å². The fraction of sp³-hybridized carbons (Fsp3) is 0.184. The molecule has 4 atom stereocenters. The highest BCUT2D eigenvalue weighted by atomic mass is 14.7. The zero-order chi connectivity index (χ0) is 39.7. The van der Waals surface area contributed by atoms with E-state index < -0.39 is 37.9 Å². The van der Waals surface area contributed by atoms with E-state index in [1.54, 1.807) is 18.3 Å². The van der Waals surface area contributed by atoms with Crippen LogP contribution in [0.5, 0.6) is 0 Å². The molecule has 0 radical (unpaired) electrons. The smallest absolute Gasteiger partial charge is 0.0708 e. The Hall–Kier alpha value is -5.60. The Balaban J connectivity index is 0.991. The first-order valence-corrected chi connectivity index (χ1v) is 17.6. The number of nitrogens with zero attached hydrogens (tertiary/aromatic N) is 2. The number of pyridine rings is 2. The molecule has 0 amide bonds. The van der Waals surface area contributed by atoms with Gasteiger partial charge in [0, 0.05) is 31.7 Å². The highest BCUT2D eigenvalue weighted by Crippen LogP contribution is 2.36. The number of aryl methyl sites for hydroxylation is 3. The third kappa shape index (κ3) is 7.61. The number of rotatable bonds is 9. The second-order valence-electron chi connectivity index (χ2n) is 13.1. The number of hydrogen-bond donors (Lipinski definition) is 0. The highest BCUT2D eigenvalue weighted by molar-refractivity contribution is 5.85. The van der Waals surface area contributed by atoms with Crippen molar-refractivity contribution in [2.24, 2.45) is 0 Å². The average molecular weight is 667 g/mol. The molecule has 1 saturated carbocycles. The quantitative estimate of drug-likeness (QED) is 0.153. The van der Waals surface area contributed by atoms with Crippen molar-refractivity contribution in [3.05, 3.63) is 180 Å². The topological polar surface area (TPSA) is 25.8 Å². The molecule has 2 heterocycles. The summed E-state index contributed by atoms with van der Waals surface area (Å²) < 4.78 is 50.8. The lowest BCUT2D eigenvalue weighted by Crippen LogP contribution is -2.04. The molecule has 2 nitrogen and oxygen atoms in total. The second kappa shape index (κ2) is 15.1. The minimum absolute atomic E-state index is 0.433. The molecule has 0 bridgehead atoms. The van der Waals surface area contributed by atoms with Gasteiger partial charge in [-0.25, -0.2) is 0 Å². The molecule has 4 unspecified atom stereocenters. The van der Waals surface area contributed by atoms with Gasteiger partial charge in [-0.05, 0) is 113 Å². The summed E-state index contributed by atoms with van der Waals surface area (Å²) in [6.45, 7) is 2.17. The first-order chi connectivity index (χ1) is 27.6. The third-order valence-electron chi connectivity index (χ3n) is 9.57. The number of benzene rings is 5. The summed E-state index contributed by atoms with van der Waals surface area (Å²) in [5, 5.41) is 0. The van der Waals surface area contributed by atoms with E-state index in [1.807, 2.05) is 48.7 Å². The Morgan fingerprint density at radius 1 is 0.510 bits per heavy atom. The van der Waals surface area contributed by atoms with Gasteiger partial charge in [0.15, 0.2) is 0 Å². The summed E-state index contributed by atoms with van der Waals surface area (Å²) in [5.41, 5.74) is 14.7. The van der Waals surface area contributed by atoms with Crippen LogP contribution in [0.25, 0.3) is 55.9 Å². The molecule has 0 spiro atoms. The Kier molecular flexibility index (Phi) is 7.77. The normalized spacial score (nSPS) is 24.7. The van der Waals surface area contributed by atoms with Crippen molar-refractivity contribution in [2.45, 2.75) is 57.6 Å². The van der Waals surface area contributed by atoms with Crippen LogP contribution in [0.1, 0.15) is 68.4 Å². The minimum Gasteiger partial charge on any atom is -0.256 e. The number of hydrogen-bond acceptors (Lipinski definition) is 2. The summed E-state index contributed by atoms with van der Waals surface area (Å²) in [4.78, 5) is 9.16. The summed E-state index contributed by atoms with van der Waals surface area (Å²) in [5.74, 6) is -1.75. The largest absolute Gasteiger partial charge is 0.256 e. The standard InChI is InChI=1S/C49H44N2/c1-35-31-37(15-14-36-16-18-42(19-17-36)48-13-7-8-29-50-48)33-45(32-35)47-12-6-5-11-46(47)41-24-26-43(27-25-41)49-34-44(28-30-51-49)40-22-20-39(21-23-40)38-9-3-2-4-10-38/h5-8,11-13,16-34,38H,2-4,9-10,14-15H2,1H3/i2D,3D,4D,9D,10D,38D. The van der Waals surface area contributed by atoms with Crippen molar-refractivity contribution < 1.29 is 8.22 Å². The lowest BCUT2D eigenvalue weighted by atomic mass is 9.84. The maximum Gasteiger partial charge on any atom is 0.0708 e. The molecule has 1 aliphatic carbocycles. The molecule has 0 aliphatic heterocycles. The van der Waals surface area contributed by atoms with E-state index >= 15 is 0 Å². The maximum atomic E-state index is 9.07. The van der Waals surface area contributed by atoms with Crippen LogP contribution in [0.2, 0.25) is 0 Å². The van der Waals surface area contributed by atoms with E-state index in [2.05, 4.69) is 108 Å². The zero-order valence-corrected chi connectivity index (χ0v) is 28.7. The van der Waals surface area contributed by atoms with E-state index in [9.17, 15) is 0 Å². The van der Waals surface area contributed by atoms with Gasteiger partial charge in [0.1, 0.15) is 0 Å². The predicted octanol–water partition coefficient (Wildman–Crippen LogP) is 13.0. The predicted molar refractivity (Wildman–Crippen MR) is 214 cm³/mol. The van der Waals surface area contributed by atoms with Crippen LogP contribution in [0.4, 0.5) is 0 Å². The average Bonchev–Trinajstić information content (AvgIpc) is 3.27. The van der Waals surface area contributed by atoms with Crippen LogP contribution in [0.3, 0.4) is 0 Å². The zero-order valence-electron chi connectivity index (χ0n) is 34.7. The Morgan fingerprint density at radius 2 is 1.14 bits per heavy atom. The molecule has 0 N–H and O–H groups in total. The van der Waals surface area contributed by atoms with Crippen molar-refractivity contribution in [1.29, 1.82) is 0 Å². The van der Waals surface area contributed by atoms with Gasteiger partial charge < -0.3 is 0 Å². The fourth-order valence-electron chi connectivity index (χ4n) is 6.89. The van der Waals surface area contributed by atoms with Gasteiger partial charge >= 0.3 is 0 Å². The van der Waals surface area contributed by atoms with Gasteiger partial charge in [0.05, 0.1) is 11.4 Å². The summed E-state index contributed by atoms with van der Waals surface area (Å²) in [7, 11) is 0. The van der Waals surface area contributed by atoms with E-state index in [0.717, 1.165) is 57.6 Å². The Morgan fingerprint density at radius 3 is 1.88 bits per heavy atom. The van der Waals surface area contributed by atoms with E-state index in [0.29, 0.717) is 5.56 Å². The fourth-order valence-corrected chi connectivity index (χ4v) is 6.89. The van der Waals surface area contributed by atoms with Crippen LogP contribution in [-0.4, -0.2) is 9.97 Å². The lowest BCUT2D eigenvalue weighted by Gasteiger charge is -2.22.